The lowest BCUT2D eigenvalue weighted by molar-refractivity contribution is 0.324. The molecule has 1 aromatic carbocycles. The molecule has 17 heavy (non-hydrogen) atoms. The lowest BCUT2D eigenvalue weighted by atomic mass is 10.2. The molecule has 1 N–H and O–H groups in total. The third kappa shape index (κ3) is 5.37. The third-order valence-electron chi connectivity index (χ3n) is 2.31. The van der Waals surface area contributed by atoms with Gasteiger partial charge in [0.15, 0.2) is 0 Å². The van der Waals surface area contributed by atoms with Crippen molar-refractivity contribution in [2.24, 2.45) is 0 Å². The van der Waals surface area contributed by atoms with Crippen LogP contribution in [0.2, 0.25) is 0 Å². The second kappa shape index (κ2) is 7.51. The minimum Gasteiger partial charge on any atom is -0.493 e. The number of hydrogen-bond donors (Lipinski definition) is 1. The second-order valence-electron chi connectivity index (χ2n) is 4.21. The van der Waals surface area contributed by atoms with E-state index in [9.17, 15) is 0 Å². The van der Waals surface area contributed by atoms with Gasteiger partial charge in [0.25, 0.3) is 0 Å². The van der Waals surface area contributed by atoms with E-state index in [-0.39, 0.29) is 0 Å². The lowest BCUT2D eigenvalue weighted by Gasteiger charge is -2.12. The molecule has 0 unspecified atom stereocenters. The minimum absolute atomic E-state index is 0.479. The number of hydrogen-bond acceptors (Lipinski definition) is 2. The second-order valence-corrected chi connectivity index (χ2v) is 5.07. The number of rotatable bonds is 7. The summed E-state index contributed by atoms with van der Waals surface area (Å²) in [7, 11) is 0. The van der Waals surface area contributed by atoms with Gasteiger partial charge in [0.1, 0.15) is 5.75 Å². The zero-order valence-electron chi connectivity index (χ0n) is 10.5. The molecule has 0 aliphatic rings. The van der Waals surface area contributed by atoms with Gasteiger partial charge in [0.05, 0.1) is 6.61 Å². The van der Waals surface area contributed by atoms with Crippen LogP contribution in [0.15, 0.2) is 35.3 Å². The van der Waals surface area contributed by atoms with Gasteiger partial charge in [-0.3, -0.25) is 0 Å². The molecule has 0 aliphatic carbocycles. The average Bonchev–Trinajstić information content (AvgIpc) is 2.29. The van der Waals surface area contributed by atoms with Crippen LogP contribution in [0.25, 0.3) is 0 Å². The van der Waals surface area contributed by atoms with Crippen LogP contribution in [0.1, 0.15) is 25.8 Å². The van der Waals surface area contributed by atoms with Crippen LogP contribution >= 0.6 is 15.9 Å². The monoisotopic (exact) mass is 297 g/mol. The van der Waals surface area contributed by atoms with Crippen LogP contribution in [0.5, 0.6) is 5.75 Å². The largest absolute Gasteiger partial charge is 0.493 e. The molecular formula is C14H20BrNO. The van der Waals surface area contributed by atoms with Crippen LogP contribution in [0.3, 0.4) is 0 Å². The Balaban J connectivity index is 2.62. The van der Waals surface area contributed by atoms with Gasteiger partial charge in [0, 0.05) is 17.1 Å². The average molecular weight is 298 g/mol. The molecule has 0 saturated heterocycles. The highest BCUT2D eigenvalue weighted by Gasteiger charge is 2.03. The zero-order valence-corrected chi connectivity index (χ0v) is 12.1. The molecule has 0 aliphatic heterocycles. The summed E-state index contributed by atoms with van der Waals surface area (Å²) in [4.78, 5) is 0. The quantitative estimate of drug-likeness (QED) is 0.609. The molecule has 0 atom stereocenters. The van der Waals surface area contributed by atoms with E-state index in [4.69, 9.17) is 4.74 Å². The zero-order chi connectivity index (χ0) is 12.7. The molecule has 0 fully saturated rings. The van der Waals surface area contributed by atoms with Crippen molar-refractivity contribution in [3.63, 3.8) is 0 Å². The first-order valence-electron chi connectivity index (χ1n) is 5.89. The van der Waals surface area contributed by atoms with Crippen molar-refractivity contribution in [3.05, 3.63) is 40.9 Å². The first-order valence-corrected chi connectivity index (χ1v) is 6.68. The summed E-state index contributed by atoms with van der Waals surface area (Å²) in [5, 5.41) is 3.40. The first-order chi connectivity index (χ1) is 8.13. The molecule has 0 bridgehead atoms. The Kier molecular flexibility index (Phi) is 6.30. The molecular weight excluding hydrogens is 278 g/mol. The maximum Gasteiger partial charge on any atom is 0.119 e. The molecule has 1 aromatic rings. The minimum atomic E-state index is 0.479. The fraction of sp³-hybridized carbons (Fsp3) is 0.429. The van der Waals surface area contributed by atoms with Gasteiger partial charge in [0.2, 0.25) is 0 Å². The van der Waals surface area contributed by atoms with Crippen molar-refractivity contribution in [2.75, 3.05) is 6.61 Å². The Morgan fingerprint density at radius 3 is 2.88 bits per heavy atom. The van der Waals surface area contributed by atoms with E-state index >= 15 is 0 Å². The third-order valence-corrected chi connectivity index (χ3v) is 3.08. The fourth-order valence-electron chi connectivity index (χ4n) is 1.35. The molecule has 94 valence electrons. The molecule has 0 spiro atoms. The van der Waals surface area contributed by atoms with Crippen LogP contribution < -0.4 is 10.1 Å². The van der Waals surface area contributed by atoms with Gasteiger partial charge in [-0.1, -0.05) is 35.9 Å². The van der Waals surface area contributed by atoms with E-state index < -0.39 is 0 Å². The summed E-state index contributed by atoms with van der Waals surface area (Å²) in [5.74, 6) is 0.913. The predicted octanol–water partition coefficient (Wildman–Crippen LogP) is 3.90. The Labute approximate surface area is 112 Å². The van der Waals surface area contributed by atoms with E-state index in [0.29, 0.717) is 12.6 Å². The van der Waals surface area contributed by atoms with Gasteiger partial charge in [-0.2, -0.15) is 0 Å². The van der Waals surface area contributed by atoms with Crippen molar-refractivity contribution in [1.82, 2.24) is 5.32 Å². The van der Waals surface area contributed by atoms with Gasteiger partial charge in [-0.05, 0) is 30.2 Å². The summed E-state index contributed by atoms with van der Waals surface area (Å²) in [6.45, 7) is 9.48. The Morgan fingerprint density at radius 1 is 1.47 bits per heavy atom. The van der Waals surface area contributed by atoms with Crippen LogP contribution in [0.4, 0.5) is 0 Å². The summed E-state index contributed by atoms with van der Waals surface area (Å²) >= 11 is 3.55. The fourth-order valence-corrected chi connectivity index (χ4v) is 1.74. The van der Waals surface area contributed by atoms with E-state index in [2.05, 4.69) is 47.7 Å². The molecule has 0 aromatic heterocycles. The molecule has 2 nitrogen and oxygen atoms in total. The Hall–Kier alpha value is -0.800. The number of halogens is 1. The van der Waals surface area contributed by atoms with Crippen molar-refractivity contribution in [3.8, 4) is 5.75 Å². The normalized spacial score (nSPS) is 10.6. The summed E-state index contributed by atoms with van der Waals surface area (Å²) in [6.07, 6.45) is 2.73. The molecule has 0 saturated carbocycles. The first kappa shape index (κ1) is 14.3. The lowest BCUT2D eigenvalue weighted by Crippen LogP contribution is -2.22. The molecule has 3 heteroatoms. The number of nitrogens with one attached hydrogen (secondary N) is 1. The molecule has 0 heterocycles. The van der Waals surface area contributed by atoms with Crippen LogP contribution in [-0.4, -0.2) is 12.6 Å². The number of ether oxygens (including phenoxy) is 1. The molecule has 0 amide bonds. The molecule has 0 radical (unpaired) electrons. The Morgan fingerprint density at radius 2 is 2.24 bits per heavy atom. The Bertz CT molecular complexity index is 363. The van der Waals surface area contributed by atoms with Crippen molar-refractivity contribution in [2.45, 2.75) is 32.9 Å². The maximum absolute atomic E-state index is 5.63. The maximum atomic E-state index is 5.63. The van der Waals surface area contributed by atoms with Crippen molar-refractivity contribution in [1.29, 1.82) is 0 Å². The highest BCUT2D eigenvalue weighted by atomic mass is 79.9. The van der Waals surface area contributed by atoms with E-state index in [1.807, 2.05) is 18.2 Å². The van der Waals surface area contributed by atoms with E-state index in [0.717, 1.165) is 23.2 Å². The topological polar surface area (TPSA) is 21.3 Å². The summed E-state index contributed by atoms with van der Waals surface area (Å²) in [5.41, 5.74) is 1.22. The predicted molar refractivity (Wildman–Crippen MR) is 76.4 cm³/mol. The molecule has 1 rings (SSSR count). The highest BCUT2D eigenvalue weighted by Crippen LogP contribution is 2.22. The number of benzene rings is 1. The van der Waals surface area contributed by atoms with Crippen LogP contribution in [0, 0.1) is 0 Å². The summed E-state index contributed by atoms with van der Waals surface area (Å²) in [6, 6.07) is 6.56. The van der Waals surface area contributed by atoms with Gasteiger partial charge in [-0.15, -0.1) is 6.58 Å². The SMILES string of the molecule is C=CCCOc1ccc(Br)c(CNC(C)C)c1. The van der Waals surface area contributed by atoms with Gasteiger partial charge >= 0.3 is 0 Å². The van der Waals surface area contributed by atoms with Gasteiger partial charge < -0.3 is 10.1 Å². The van der Waals surface area contributed by atoms with Crippen molar-refractivity contribution >= 4 is 15.9 Å². The standard InChI is InChI=1S/C14H20BrNO/c1-4-5-8-17-13-6-7-14(15)12(9-13)10-16-11(2)3/h4,6-7,9,11,16H,1,5,8,10H2,2-3H3. The smallest absolute Gasteiger partial charge is 0.119 e. The van der Waals surface area contributed by atoms with Gasteiger partial charge in [-0.25, -0.2) is 0 Å². The van der Waals surface area contributed by atoms with E-state index in [1.165, 1.54) is 5.56 Å². The van der Waals surface area contributed by atoms with Crippen LogP contribution in [-0.2, 0) is 6.54 Å². The summed E-state index contributed by atoms with van der Waals surface area (Å²) < 4.78 is 6.74. The van der Waals surface area contributed by atoms with E-state index in [1.54, 1.807) is 0 Å². The highest BCUT2D eigenvalue weighted by molar-refractivity contribution is 9.10. The van der Waals surface area contributed by atoms with Crippen molar-refractivity contribution < 1.29 is 4.74 Å².